The molecular weight excluding hydrogens is 210 g/mol. The van der Waals surface area contributed by atoms with Gasteiger partial charge in [-0.2, -0.15) is 0 Å². The predicted molar refractivity (Wildman–Crippen MR) is 49.9 cm³/mol. The molecule has 72 valence electrons. The summed E-state index contributed by atoms with van der Waals surface area (Å²) in [7, 11) is -2.35. The van der Waals surface area contributed by atoms with Crippen LogP contribution in [0.4, 0.5) is 0 Å². The van der Waals surface area contributed by atoms with Crippen molar-refractivity contribution >= 4 is 27.3 Å². The van der Waals surface area contributed by atoms with Gasteiger partial charge in [0.2, 0.25) is 5.91 Å². The summed E-state index contributed by atoms with van der Waals surface area (Å²) >= 11 is 1.09. The van der Waals surface area contributed by atoms with Gasteiger partial charge in [0.25, 0.3) is 10.0 Å². The molecule has 1 aromatic rings. The molecule has 0 fully saturated rings. The fourth-order valence-corrected chi connectivity index (χ4v) is 3.01. The van der Waals surface area contributed by atoms with E-state index in [-0.39, 0.29) is 4.21 Å². The molecule has 0 bridgehead atoms. The summed E-state index contributed by atoms with van der Waals surface area (Å²) in [6.07, 6.45) is 0. The van der Waals surface area contributed by atoms with Crippen LogP contribution >= 0.6 is 11.3 Å². The molecule has 0 unspecified atom stereocenters. The van der Waals surface area contributed by atoms with Crippen LogP contribution in [0.2, 0.25) is 0 Å². The zero-order valence-electron chi connectivity index (χ0n) is 7.22. The minimum absolute atomic E-state index is 0.185. The summed E-state index contributed by atoms with van der Waals surface area (Å²) in [4.78, 5) is 10.8. The number of carbonyl (C=O) groups is 1. The third kappa shape index (κ3) is 1.89. The molecule has 0 N–H and O–H groups in total. The van der Waals surface area contributed by atoms with Gasteiger partial charge in [-0.05, 0) is 11.4 Å². The lowest BCUT2D eigenvalue weighted by atomic mass is 10.7. The molecule has 1 heterocycles. The van der Waals surface area contributed by atoms with Gasteiger partial charge in [-0.25, -0.2) is 12.7 Å². The summed E-state index contributed by atoms with van der Waals surface area (Å²) in [6, 6.07) is 3.10. The van der Waals surface area contributed by atoms with Crippen molar-refractivity contribution in [3.63, 3.8) is 0 Å². The van der Waals surface area contributed by atoms with Gasteiger partial charge in [-0.15, -0.1) is 11.3 Å². The minimum Gasteiger partial charge on any atom is -0.274 e. The highest BCUT2D eigenvalue weighted by atomic mass is 32.2. The maximum Gasteiger partial charge on any atom is 0.275 e. The number of amides is 1. The average molecular weight is 219 g/mol. The van der Waals surface area contributed by atoms with E-state index in [0.29, 0.717) is 0 Å². The topological polar surface area (TPSA) is 54.5 Å². The van der Waals surface area contributed by atoms with E-state index in [2.05, 4.69) is 0 Å². The van der Waals surface area contributed by atoms with Gasteiger partial charge in [0, 0.05) is 14.0 Å². The highest BCUT2D eigenvalue weighted by molar-refractivity contribution is 7.91. The molecule has 0 aliphatic carbocycles. The first-order valence-electron chi connectivity index (χ1n) is 3.49. The molecule has 1 amide bonds. The first kappa shape index (κ1) is 10.2. The fourth-order valence-electron chi connectivity index (χ4n) is 0.714. The second-order valence-corrected chi connectivity index (χ2v) is 5.57. The van der Waals surface area contributed by atoms with Crippen molar-refractivity contribution in [2.75, 3.05) is 7.05 Å². The molecule has 13 heavy (non-hydrogen) atoms. The van der Waals surface area contributed by atoms with E-state index in [4.69, 9.17) is 0 Å². The van der Waals surface area contributed by atoms with E-state index >= 15 is 0 Å². The fraction of sp³-hybridized carbons (Fsp3) is 0.286. The van der Waals surface area contributed by atoms with Crippen LogP contribution in [0, 0.1) is 0 Å². The van der Waals surface area contributed by atoms with Gasteiger partial charge >= 0.3 is 0 Å². The Morgan fingerprint density at radius 1 is 1.54 bits per heavy atom. The first-order chi connectivity index (χ1) is 5.96. The predicted octanol–water partition coefficient (Wildman–Crippen LogP) is 0.915. The number of sulfonamides is 1. The van der Waals surface area contributed by atoms with Crippen molar-refractivity contribution < 1.29 is 13.2 Å². The number of carbonyl (C=O) groups excluding carboxylic acids is 1. The molecule has 1 rings (SSSR count). The van der Waals surface area contributed by atoms with Crippen molar-refractivity contribution in [2.24, 2.45) is 0 Å². The zero-order valence-corrected chi connectivity index (χ0v) is 8.85. The lowest BCUT2D eigenvalue weighted by Crippen LogP contribution is -2.30. The Kier molecular flexibility index (Phi) is 2.72. The highest BCUT2D eigenvalue weighted by Gasteiger charge is 2.23. The Morgan fingerprint density at radius 3 is 2.54 bits per heavy atom. The molecule has 0 atom stereocenters. The van der Waals surface area contributed by atoms with Crippen LogP contribution < -0.4 is 0 Å². The van der Waals surface area contributed by atoms with Crippen LogP contribution in [0.5, 0.6) is 0 Å². The molecule has 0 aliphatic heterocycles. The average Bonchev–Trinajstić information content (AvgIpc) is 2.54. The second-order valence-electron chi connectivity index (χ2n) is 2.42. The van der Waals surface area contributed by atoms with Gasteiger partial charge in [-0.3, -0.25) is 4.79 Å². The van der Waals surface area contributed by atoms with Crippen molar-refractivity contribution in [3.8, 4) is 0 Å². The summed E-state index contributed by atoms with van der Waals surface area (Å²) in [5, 5.41) is 1.65. The van der Waals surface area contributed by atoms with E-state index in [1.165, 1.54) is 20.0 Å². The molecule has 0 aromatic carbocycles. The maximum atomic E-state index is 11.6. The van der Waals surface area contributed by atoms with E-state index in [1.54, 1.807) is 11.4 Å². The van der Waals surface area contributed by atoms with Gasteiger partial charge in [0.15, 0.2) is 0 Å². The molecule has 1 aromatic heterocycles. The SMILES string of the molecule is CC(=O)N(C)S(=O)(=O)c1cccs1. The minimum atomic E-state index is -3.59. The normalized spacial score (nSPS) is 11.2. The third-order valence-electron chi connectivity index (χ3n) is 1.55. The Hall–Kier alpha value is -0.880. The molecule has 0 aliphatic rings. The van der Waals surface area contributed by atoms with Crippen LogP contribution in [0.1, 0.15) is 6.92 Å². The van der Waals surface area contributed by atoms with E-state index in [9.17, 15) is 13.2 Å². The highest BCUT2D eigenvalue weighted by Crippen LogP contribution is 2.19. The smallest absolute Gasteiger partial charge is 0.274 e. The van der Waals surface area contributed by atoms with Gasteiger partial charge in [-0.1, -0.05) is 6.07 Å². The lowest BCUT2D eigenvalue weighted by Gasteiger charge is -2.13. The van der Waals surface area contributed by atoms with Crippen molar-refractivity contribution in [3.05, 3.63) is 17.5 Å². The lowest BCUT2D eigenvalue weighted by molar-refractivity contribution is -0.123. The third-order valence-corrected chi connectivity index (χ3v) is 4.76. The van der Waals surface area contributed by atoms with Crippen LogP contribution in [0.25, 0.3) is 0 Å². The van der Waals surface area contributed by atoms with Crippen LogP contribution in [-0.4, -0.2) is 25.7 Å². The van der Waals surface area contributed by atoms with Gasteiger partial charge in [0.05, 0.1) is 0 Å². The Labute approximate surface area is 80.8 Å². The summed E-state index contributed by atoms with van der Waals surface area (Å²) in [5.41, 5.74) is 0. The number of rotatable bonds is 2. The number of hydrogen-bond donors (Lipinski definition) is 0. The molecular formula is C7H9NO3S2. The summed E-state index contributed by atoms with van der Waals surface area (Å²) in [5.74, 6) is -0.492. The Morgan fingerprint density at radius 2 is 2.15 bits per heavy atom. The maximum absolute atomic E-state index is 11.6. The molecule has 4 nitrogen and oxygen atoms in total. The van der Waals surface area contributed by atoms with Crippen molar-refractivity contribution in [2.45, 2.75) is 11.1 Å². The number of hydrogen-bond acceptors (Lipinski definition) is 4. The summed E-state index contributed by atoms with van der Waals surface area (Å²) in [6.45, 7) is 1.21. The quantitative estimate of drug-likeness (QED) is 0.743. The van der Waals surface area contributed by atoms with Gasteiger partial charge < -0.3 is 0 Å². The van der Waals surface area contributed by atoms with Crippen LogP contribution in [0.3, 0.4) is 0 Å². The van der Waals surface area contributed by atoms with Crippen LogP contribution in [-0.2, 0) is 14.8 Å². The van der Waals surface area contributed by atoms with E-state index in [0.717, 1.165) is 15.6 Å². The molecule has 0 saturated heterocycles. The van der Waals surface area contributed by atoms with Crippen LogP contribution in [0.15, 0.2) is 21.7 Å². The molecule has 0 saturated carbocycles. The molecule has 0 spiro atoms. The van der Waals surface area contributed by atoms with Crippen molar-refractivity contribution in [1.29, 1.82) is 0 Å². The van der Waals surface area contributed by atoms with E-state index in [1.807, 2.05) is 0 Å². The zero-order chi connectivity index (χ0) is 10.1. The Balaban J connectivity index is 3.11. The first-order valence-corrected chi connectivity index (χ1v) is 5.81. The number of nitrogens with zero attached hydrogens (tertiary/aromatic N) is 1. The van der Waals surface area contributed by atoms with Crippen molar-refractivity contribution in [1.82, 2.24) is 4.31 Å². The number of thiophene rings is 1. The second kappa shape index (κ2) is 3.47. The molecule has 6 heteroatoms. The van der Waals surface area contributed by atoms with Gasteiger partial charge in [0.1, 0.15) is 4.21 Å². The molecule has 0 radical (unpaired) electrons. The standard InChI is InChI=1S/C7H9NO3S2/c1-6(9)8(2)13(10,11)7-4-3-5-12-7/h3-5H,1-2H3. The van der Waals surface area contributed by atoms with E-state index < -0.39 is 15.9 Å². The summed E-state index contributed by atoms with van der Waals surface area (Å²) < 4.78 is 24.0. The monoisotopic (exact) mass is 219 g/mol. The Bertz CT molecular complexity index is 393. The largest absolute Gasteiger partial charge is 0.275 e.